The molecule has 1 heterocycles. The smallest absolute Gasteiger partial charge is 0.213 e. The average molecular weight is 86.1 g/mol. The molecular weight excluding hydrogens is 80.0 g/mol. The average Bonchev–Trinajstić information content (AvgIpc) is 1.76. The maximum atomic E-state index is 4.22. The van der Waals surface area contributed by atoms with Crippen LogP contribution in [-0.2, 0) is 0 Å². The van der Waals surface area contributed by atoms with Crippen molar-refractivity contribution in [3.05, 3.63) is 12.7 Å². The summed E-state index contributed by atoms with van der Waals surface area (Å²) in [5.74, 6) is 0. The van der Waals surface area contributed by atoms with Gasteiger partial charge in [-0.15, -0.1) is 0 Å². The fraction of sp³-hybridized carbons (Fsp3) is 0.333. The van der Waals surface area contributed by atoms with E-state index in [4.69, 9.17) is 0 Å². The number of rotatable bonds is 0. The monoisotopic (exact) mass is 86.0 g/mol. The molecule has 3 heteroatoms. The molecule has 34 valence electrons. The summed E-state index contributed by atoms with van der Waals surface area (Å²) >= 11 is 0. The Morgan fingerprint density at radius 3 is 2.50 bits per heavy atom. The lowest BCUT2D eigenvalue weighted by Crippen LogP contribution is -1.44. The minimum atomic E-state index is 0. The van der Waals surface area contributed by atoms with E-state index in [1.165, 1.54) is 12.7 Å². The fourth-order valence-corrected chi connectivity index (χ4v) is 0.136. The zero-order chi connectivity index (χ0) is 3.54. The van der Waals surface area contributed by atoms with Crippen molar-refractivity contribution >= 4 is 0 Å². The quantitative estimate of drug-likeness (QED) is 0.466. The van der Waals surface area contributed by atoms with Gasteiger partial charge in [0.25, 0.3) is 0 Å². The molecular formula is C3H6N2O. The van der Waals surface area contributed by atoms with E-state index in [1.54, 1.807) is 0 Å². The summed E-state index contributed by atoms with van der Waals surface area (Å²) in [7, 11) is 0. The minimum absolute atomic E-state index is 0. The Labute approximate surface area is 36.0 Å². The second-order valence-corrected chi connectivity index (χ2v) is 0.581. The van der Waals surface area contributed by atoms with Gasteiger partial charge in [-0.3, -0.25) is 0 Å². The van der Waals surface area contributed by atoms with Crippen LogP contribution in [0.15, 0.2) is 17.2 Å². The van der Waals surface area contributed by atoms with Crippen LogP contribution in [0.1, 0.15) is 7.43 Å². The second kappa shape index (κ2) is 2.38. The van der Waals surface area contributed by atoms with Gasteiger partial charge < -0.3 is 4.52 Å². The molecule has 0 aromatic carbocycles. The van der Waals surface area contributed by atoms with Gasteiger partial charge in [-0.05, 0) is 0 Å². The van der Waals surface area contributed by atoms with Gasteiger partial charge in [-0.25, -0.2) is 4.98 Å². The first-order valence-electron chi connectivity index (χ1n) is 1.19. The highest BCUT2D eigenvalue weighted by Crippen LogP contribution is 1.62. The molecule has 3 nitrogen and oxygen atoms in total. The highest BCUT2D eigenvalue weighted by Gasteiger charge is 1.60. The molecule has 0 aliphatic carbocycles. The molecule has 0 spiro atoms. The molecule has 0 radical (unpaired) electrons. The molecule has 0 N–H and O–H groups in total. The van der Waals surface area contributed by atoms with Gasteiger partial charge in [-0.2, -0.15) is 0 Å². The Morgan fingerprint density at radius 2 is 2.33 bits per heavy atom. The zero-order valence-electron chi connectivity index (χ0n) is 2.46. The lowest BCUT2D eigenvalue weighted by Gasteiger charge is -1.45. The molecule has 6 heavy (non-hydrogen) atoms. The van der Waals surface area contributed by atoms with E-state index in [-0.39, 0.29) is 7.43 Å². The van der Waals surface area contributed by atoms with Crippen molar-refractivity contribution in [2.75, 3.05) is 0 Å². The SMILES string of the molecule is C.c1ncon1. The molecule has 0 saturated carbocycles. The molecule has 0 bridgehead atoms. The predicted molar refractivity (Wildman–Crippen MR) is 21.0 cm³/mol. The largest absolute Gasteiger partial charge is 0.343 e. The van der Waals surface area contributed by atoms with Gasteiger partial charge in [0.1, 0.15) is 0 Å². The maximum Gasteiger partial charge on any atom is 0.213 e. The lowest BCUT2D eigenvalue weighted by atomic mass is 11.3. The third-order valence-corrected chi connectivity index (χ3v) is 0.283. The summed E-state index contributed by atoms with van der Waals surface area (Å²) in [6, 6.07) is 0. The van der Waals surface area contributed by atoms with Crippen molar-refractivity contribution in [3.8, 4) is 0 Å². The number of hydrogen-bond acceptors (Lipinski definition) is 3. The molecule has 0 saturated heterocycles. The first-order valence-corrected chi connectivity index (χ1v) is 1.19. The summed E-state index contributed by atoms with van der Waals surface area (Å²) in [6.45, 7) is 0. The predicted octanol–water partition coefficient (Wildman–Crippen LogP) is 0.706. The van der Waals surface area contributed by atoms with Crippen molar-refractivity contribution in [2.45, 2.75) is 7.43 Å². The van der Waals surface area contributed by atoms with Crippen LogP contribution in [0.25, 0.3) is 0 Å². The number of hydrogen-bond donors (Lipinski definition) is 0. The molecule has 0 atom stereocenters. The van der Waals surface area contributed by atoms with E-state index < -0.39 is 0 Å². The van der Waals surface area contributed by atoms with Gasteiger partial charge in [0.15, 0.2) is 6.33 Å². The summed E-state index contributed by atoms with van der Waals surface area (Å²) in [5.41, 5.74) is 0. The third-order valence-electron chi connectivity index (χ3n) is 0.283. The highest BCUT2D eigenvalue weighted by molar-refractivity contribution is 4.35. The molecule has 0 unspecified atom stereocenters. The maximum absolute atomic E-state index is 4.22. The third kappa shape index (κ3) is 0.839. The van der Waals surface area contributed by atoms with E-state index in [0.29, 0.717) is 0 Å². The van der Waals surface area contributed by atoms with Crippen molar-refractivity contribution in [2.24, 2.45) is 0 Å². The Hall–Kier alpha value is -0.860. The van der Waals surface area contributed by atoms with E-state index in [1.807, 2.05) is 0 Å². The van der Waals surface area contributed by atoms with E-state index in [9.17, 15) is 0 Å². The van der Waals surface area contributed by atoms with Crippen molar-refractivity contribution in [1.29, 1.82) is 0 Å². The van der Waals surface area contributed by atoms with Crippen LogP contribution in [0.5, 0.6) is 0 Å². The van der Waals surface area contributed by atoms with Crippen LogP contribution < -0.4 is 0 Å². The van der Waals surface area contributed by atoms with Gasteiger partial charge in [0.05, 0.1) is 0 Å². The van der Waals surface area contributed by atoms with E-state index >= 15 is 0 Å². The van der Waals surface area contributed by atoms with Crippen LogP contribution in [0, 0.1) is 0 Å². The normalized spacial score (nSPS) is 6.67. The van der Waals surface area contributed by atoms with Crippen LogP contribution in [0.2, 0.25) is 0 Å². The van der Waals surface area contributed by atoms with Crippen molar-refractivity contribution in [1.82, 2.24) is 10.1 Å². The summed E-state index contributed by atoms with van der Waals surface area (Å²) in [6.07, 6.45) is 2.60. The van der Waals surface area contributed by atoms with Gasteiger partial charge in [-0.1, -0.05) is 12.6 Å². The first kappa shape index (κ1) is 5.14. The van der Waals surface area contributed by atoms with Gasteiger partial charge >= 0.3 is 0 Å². The van der Waals surface area contributed by atoms with Crippen LogP contribution in [0.4, 0.5) is 0 Å². The van der Waals surface area contributed by atoms with Gasteiger partial charge in [0, 0.05) is 0 Å². The van der Waals surface area contributed by atoms with Crippen LogP contribution in [-0.4, -0.2) is 10.1 Å². The molecule has 0 aliphatic heterocycles. The molecule has 0 aliphatic rings. The molecule has 0 amide bonds. The molecule has 0 fully saturated rings. The second-order valence-electron chi connectivity index (χ2n) is 0.581. The minimum Gasteiger partial charge on any atom is -0.343 e. The molecule has 1 aromatic rings. The Morgan fingerprint density at radius 1 is 1.50 bits per heavy atom. The summed E-state index contributed by atoms with van der Waals surface area (Å²) < 4.78 is 4.22. The van der Waals surface area contributed by atoms with E-state index in [0.717, 1.165) is 0 Å². The van der Waals surface area contributed by atoms with Crippen LogP contribution in [0.3, 0.4) is 0 Å². The summed E-state index contributed by atoms with van der Waals surface area (Å²) in [4.78, 5) is 3.44. The fourth-order valence-electron chi connectivity index (χ4n) is 0.136. The number of nitrogens with zero attached hydrogens (tertiary/aromatic N) is 2. The zero-order valence-corrected chi connectivity index (χ0v) is 2.46. The summed E-state index contributed by atoms with van der Waals surface area (Å²) in [5, 5.41) is 3.24. The van der Waals surface area contributed by atoms with Gasteiger partial charge in [0.2, 0.25) is 6.39 Å². The highest BCUT2D eigenvalue weighted by atomic mass is 16.5. The van der Waals surface area contributed by atoms with Crippen molar-refractivity contribution < 1.29 is 4.52 Å². The lowest BCUT2D eigenvalue weighted by molar-refractivity contribution is 0.416. The van der Waals surface area contributed by atoms with Crippen LogP contribution >= 0.6 is 0 Å². The first-order chi connectivity index (χ1) is 2.50. The Balaban J connectivity index is 0.000000250. The van der Waals surface area contributed by atoms with E-state index in [2.05, 4.69) is 14.7 Å². The molecule has 1 aromatic heterocycles. The number of aromatic nitrogens is 2. The standard InChI is InChI=1S/C2H2N2O.CH4/c1-3-2-5-4-1;/h1-2H;1H4. The Bertz CT molecular complexity index is 65.3. The van der Waals surface area contributed by atoms with Crippen molar-refractivity contribution in [3.63, 3.8) is 0 Å². The Kier molecular flexibility index (Phi) is 2.04. The topological polar surface area (TPSA) is 38.9 Å². The molecule has 1 rings (SSSR count).